The molecule has 0 saturated heterocycles. The minimum absolute atomic E-state index is 0.152. The van der Waals surface area contributed by atoms with Crippen LogP contribution in [0.4, 0.5) is 0 Å². The zero-order valence-electron chi connectivity index (χ0n) is 12.8. The van der Waals surface area contributed by atoms with E-state index in [2.05, 4.69) is 19.9 Å². The van der Waals surface area contributed by atoms with Gasteiger partial charge in [0.05, 0.1) is 13.2 Å². The lowest BCUT2D eigenvalue weighted by Crippen LogP contribution is -2.39. The Morgan fingerprint density at radius 1 is 1.37 bits per heavy atom. The Bertz CT molecular complexity index is 299. The van der Waals surface area contributed by atoms with Gasteiger partial charge in [-0.2, -0.15) is 0 Å². The van der Waals surface area contributed by atoms with Crippen LogP contribution in [-0.2, 0) is 9.63 Å². The second-order valence-corrected chi connectivity index (χ2v) is 5.55. The van der Waals surface area contributed by atoms with Gasteiger partial charge in [-0.1, -0.05) is 37.8 Å². The number of hydrogen-bond acceptors (Lipinski definition) is 2. The van der Waals surface area contributed by atoms with Gasteiger partial charge < -0.3 is 0 Å². The van der Waals surface area contributed by atoms with Gasteiger partial charge in [0.1, 0.15) is 0 Å². The predicted octanol–water partition coefficient (Wildman–Crippen LogP) is 4.24. The van der Waals surface area contributed by atoms with Gasteiger partial charge in [0.15, 0.2) is 0 Å². The van der Waals surface area contributed by atoms with Gasteiger partial charge >= 0.3 is 0 Å². The maximum atomic E-state index is 12.2. The normalized spacial score (nSPS) is 25.0. The van der Waals surface area contributed by atoms with Crippen molar-refractivity contribution in [2.24, 2.45) is 0 Å². The Labute approximate surface area is 118 Å². The van der Waals surface area contributed by atoms with Crippen LogP contribution in [0.15, 0.2) is 11.6 Å². The second-order valence-electron chi connectivity index (χ2n) is 5.55. The second kappa shape index (κ2) is 9.13. The van der Waals surface area contributed by atoms with E-state index < -0.39 is 0 Å². The van der Waals surface area contributed by atoms with Crippen molar-refractivity contribution in [2.75, 3.05) is 7.11 Å². The summed E-state index contributed by atoms with van der Waals surface area (Å²) in [6.45, 7) is 4.38. The van der Waals surface area contributed by atoms with Crippen molar-refractivity contribution in [1.29, 1.82) is 0 Å². The molecule has 0 bridgehead atoms. The quantitative estimate of drug-likeness (QED) is 0.551. The summed E-state index contributed by atoms with van der Waals surface area (Å²) in [4.78, 5) is 17.6. The Morgan fingerprint density at radius 3 is 2.84 bits per heavy atom. The summed E-state index contributed by atoms with van der Waals surface area (Å²) in [7, 11) is 1.62. The summed E-state index contributed by atoms with van der Waals surface area (Å²) in [5.74, 6) is 0.152. The van der Waals surface area contributed by atoms with Crippen molar-refractivity contribution >= 4 is 5.91 Å². The van der Waals surface area contributed by atoms with Crippen molar-refractivity contribution in [3.8, 4) is 0 Å². The van der Waals surface area contributed by atoms with E-state index in [0.29, 0.717) is 6.42 Å². The van der Waals surface area contributed by atoms with Crippen LogP contribution in [0.25, 0.3) is 0 Å². The lowest BCUT2D eigenvalue weighted by atomic mass is 9.98. The van der Waals surface area contributed by atoms with Crippen LogP contribution < -0.4 is 0 Å². The highest BCUT2D eigenvalue weighted by molar-refractivity contribution is 5.75. The van der Waals surface area contributed by atoms with E-state index in [0.717, 1.165) is 32.1 Å². The highest BCUT2D eigenvalue weighted by Gasteiger charge is 2.24. The van der Waals surface area contributed by atoms with Crippen LogP contribution in [0.1, 0.15) is 71.6 Å². The number of carbonyl (C=O) groups is 1. The van der Waals surface area contributed by atoms with Gasteiger partial charge in [-0.25, -0.2) is 5.06 Å². The largest absolute Gasteiger partial charge is 0.274 e. The first kappa shape index (κ1) is 16.2. The standard InChI is InChI=1S/C16H29NO2/c1-4-5-7-11-15-13-14(2)10-8-6-9-12-16(18)17(15)19-3/h10,15H,4-9,11-13H2,1-3H3/b14-10+. The van der Waals surface area contributed by atoms with Crippen molar-refractivity contribution in [1.82, 2.24) is 5.06 Å². The van der Waals surface area contributed by atoms with Crippen molar-refractivity contribution in [2.45, 2.75) is 77.7 Å². The molecule has 0 aliphatic carbocycles. The average molecular weight is 267 g/mol. The molecule has 0 aromatic rings. The maximum absolute atomic E-state index is 12.2. The van der Waals surface area contributed by atoms with Crippen LogP contribution in [0.5, 0.6) is 0 Å². The SMILES string of the molecule is CCCCCC1C/C(C)=C/CCCCC(=O)N1OC. The van der Waals surface area contributed by atoms with Gasteiger partial charge in [-0.05, 0) is 39.0 Å². The molecule has 1 aliphatic heterocycles. The number of amides is 1. The molecule has 0 N–H and O–H groups in total. The van der Waals surface area contributed by atoms with Crippen LogP contribution >= 0.6 is 0 Å². The number of unbranched alkanes of at least 4 members (excludes halogenated alkanes) is 2. The number of allylic oxidation sites excluding steroid dienone is 1. The third-order valence-electron chi connectivity index (χ3n) is 3.81. The highest BCUT2D eigenvalue weighted by atomic mass is 16.7. The van der Waals surface area contributed by atoms with E-state index in [9.17, 15) is 4.79 Å². The molecular weight excluding hydrogens is 238 g/mol. The summed E-state index contributed by atoms with van der Waals surface area (Å²) in [5, 5.41) is 1.64. The van der Waals surface area contributed by atoms with Crippen molar-refractivity contribution in [3.63, 3.8) is 0 Å². The summed E-state index contributed by atoms with van der Waals surface area (Å²) in [6.07, 6.45) is 11.7. The molecule has 1 amide bonds. The van der Waals surface area contributed by atoms with Crippen LogP contribution in [0, 0.1) is 0 Å². The first-order valence-electron chi connectivity index (χ1n) is 7.70. The topological polar surface area (TPSA) is 29.5 Å². The van der Waals surface area contributed by atoms with E-state index >= 15 is 0 Å². The molecule has 0 aromatic heterocycles. The average Bonchev–Trinajstić information content (AvgIpc) is 2.38. The third kappa shape index (κ3) is 5.77. The van der Waals surface area contributed by atoms with Crippen LogP contribution in [0.2, 0.25) is 0 Å². The molecule has 0 fully saturated rings. The summed E-state index contributed by atoms with van der Waals surface area (Å²) >= 11 is 0. The molecule has 3 heteroatoms. The lowest BCUT2D eigenvalue weighted by Gasteiger charge is -2.30. The fourth-order valence-corrected chi connectivity index (χ4v) is 2.72. The predicted molar refractivity (Wildman–Crippen MR) is 78.6 cm³/mol. The van der Waals surface area contributed by atoms with Gasteiger partial charge in [-0.3, -0.25) is 9.63 Å². The van der Waals surface area contributed by atoms with Crippen LogP contribution in [-0.4, -0.2) is 24.1 Å². The molecule has 110 valence electrons. The van der Waals surface area contributed by atoms with Gasteiger partial charge in [0, 0.05) is 6.42 Å². The van der Waals surface area contributed by atoms with E-state index in [1.807, 2.05) is 0 Å². The molecule has 3 nitrogen and oxygen atoms in total. The molecule has 0 saturated carbocycles. The summed E-state index contributed by atoms with van der Waals surface area (Å²) < 4.78 is 0. The fraction of sp³-hybridized carbons (Fsp3) is 0.812. The van der Waals surface area contributed by atoms with E-state index in [4.69, 9.17) is 4.84 Å². The monoisotopic (exact) mass is 267 g/mol. The number of carbonyl (C=O) groups excluding carboxylic acids is 1. The summed E-state index contributed by atoms with van der Waals surface area (Å²) in [5.41, 5.74) is 1.39. The van der Waals surface area contributed by atoms with Crippen molar-refractivity contribution in [3.05, 3.63) is 11.6 Å². The minimum Gasteiger partial charge on any atom is -0.274 e. The smallest absolute Gasteiger partial charge is 0.246 e. The van der Waals surface area contributed by atoms with E-state index in [1.54, 1.807) is 12.2 Å². The number of rotatable bonds is 5. The molecule has 0 spiro atoms. The van der Waals surface area contributed by atoms with Gasteiger partial charge in [0.25, 0.3) is 0 Å². The number of nitrogens with zero attached hydrogens (tertiary/aromatic N) is 1. The first-order valence-corrected chi connectivity index (χ1v) is 7.70. The molecule has 0 aromatic carbocycles. The maximum Gasteiger partial charge on any atom is 0.246 e. The third-order valence-corrected chi connectivity index (χ3v) is 3.81. The van der Waals surface area contributed by atoms with E-state index in [-0.39, 0.29) is 11.9 Å². The first-order chi connectivity index (χ1) is 9.19. The molecule has 1 atom stereocenters. The Morgan fingerprint density at radius 2 is 2.16 bits per heavy atom. The summed E-state index contributed by atoms with van der Waals surface area (Å²) in [6, 6.07) is 0.207. The molecule has 1 aliphatic rings. The van der Waals surface area contributed by atoms with Gasteiger partial charge in [0.2, 0.25) is 5.91 Å². The molecule has 1 unspecified atom stereocenters. The molecule has 1 rings (SSSR count). The highest BCUT2D eigenvalue weighted by Crippen LogP contribution is 2.21. The molecule has 19 heavy (non-hydrogen) atoms. The molecule has 0 radical (unpaired) electrons. The van der Waals surface area contributed by atoms with Crippen LogP contribution in [0.3, 0.4) is 0 Å². The number of hydrogen-bond donors (Lipinski definition) is 0. The molecular formula is C16H29NO2. The Kier molecular flexibility index (Phi) is 7.80. The Hall–Kier alpha value is -0.830. The zero-order valence-corrected chi connectivity index (χ0v) is 12.8. The Balaban J connectivity index is 2.73. The van der Waals surface area contributed by atoms with Crippen molar-refractivity contribution < 1.29 is 9.63 Å². The number of hydroxylamine groups is 2. The minimum atomic E-state index is 0.152. The lowest BCUT2D eigenvalue weighted by molar-refractivity contribution is -0.189. The zero-order chi connectivity index (χ0) is 14.1. The molecule has 1 heterocycles. The fourth-order valence-electron chi connectivity index (χ4n) is 2.72. The van der Waals surface area contributed by atoms with E-state index in [1.165, 1.54) is 24.8 Å². The van der Waals surface area contributed by atoms with Gasteiger partial charge in [-0.15, -0.1) is 0 Å².